The lowest BCUT2D eigenvalue weighted by atomic mass is 9.95. The second-order valence-electron chi connectivity index (χ2n) is 15.7. The van der Waals surface area contributed by atoms with Gasteiger partial charge in [-0.05, 0) is 141 Å². The highest BCUT2D eigenvalue weighted by atomic mass is 15.1. The number of hydrogen-bond donors (Lipinski definition) is 0. The molecule has 0 fully saturated rings. The van der Waals surface area contributed by atoms with Crippen molar-refractivity contribution in [3.05, 3.63) is 260 Å². The average molecular weight is 795 g/mol. The molecule has 1 aliphatic carbocycles. The van der Waals surface area contributed by atoms with Crippen molar-refractivity contribution in [3.8, 4) is 44.5 Å². The zero-order valence-electron chi connectivity index (χ0n) is 34.6. The van der Waals surface area contributed by atoms with Crippen LogP contribution in [0.4, 0.5) is 34.1 Å². The molecule has 9 aromatic carbocycles. The van der Waals surface area contributed by atoms with E-state index in [2.05, 4.69) is 265 Å². The van der Waals surface area contributed by atoms with E-state index in [-0.39, 0.29) is 0 Å². The van der Waals surface area contributed by atoms with E-state index in [0.29, 0.717) is 0 Å². The Bertz CT molecular complexity index is 2830. The van der Waals surface area contributed by atoms with Crippen molar-refractivity contribution in [2.24, 2.45) is 0 Å². The van der Waals surface area contributed by atoms with Crippen molar-refractivity contribution in [1.82, 2.24) is 0 Å². The van der Waals surface area contributed by atoms with Crippen LogP contribution < -0.4 is 9.80 Å². The molecular weight excluding hydrogens is 749 g/mol. The van der Waals surface area contributed by atoms with Gasteiger partial charge in [0.25, 0.3) is 0 Å². The first-order chi connectivity index (χ1) is 30.7. The summed E-state index contributed by atoms with van der Waals surface area (Å²) in [6.07, 6.45) is 8.86. The standard InChI is InChI=1S/C60H46N2/c1-5-13-45(14-6-1)48-21-23-49(24-22-48)52-29-39-56(40-30-52)61(55-19-11-4-12-20-55)57-41-31-53(32-42-57)54-33-43-60(44-34-54)62(58-35-25-50(26-36-58)46-15-7-2-8-16-46)59-37-27-51(28-38-59)47-17-9-3-10-18-47/h1-5,7-13,15-44H,6,14H2. The van der Waals surface area contributed by atoms with Gasteiger partial charge in [0.1, 0.15) is 0 Å². The van der Waals surface area contributed by atoms with Crippen molar-refractivity contribution >= 4 is 39.7 Å². The van der Waals surface area contributed by atoms with E-state index in [1.54, 1.807) is 0 Å². The Morgan fingerprint density at radius 1 is 0.242 bits per heavy atom. The maximum atomic E-state index is 2.33. The van der Waals surface area contributed by atoms with E-state index in [1.165, 1.54) is 44.5 Å². The molecule has 62 heavy (non-hydrogen) atoms. The highest BCUT2D eigenvalue weighted by Crippen LogP contribution is 2.40. The molecular formula is C60H46N2. The summed E-state index contributed by atoms with van der Waals surface area (Å²) in [5.74, 6) is 0. The second-order valence-corrected chi connectivity index (χ2v) is 15.7. The fourth-order valence-corrected chi connectivity index (χ4v) is 8.47. The molecule has 0 radical (unpaired) electrons. The van der Waals surface area contributed by atoms with E-state index >= 15 is 0 Å². The molecule has 9 aromatic rings. The lowest BCUT2D eigenvalue weighted by Gasteiger charge is -2.26. The van der Waals surface area contributed by atoms with Gasteiger partial charge in [-0.1, -0.05) is 182 Å². The second kappa shape index (κ2) is 17.7. The van der Waals surface area contributed by atoms with Gasteiger partial charge in [0.15, 0.2) is 0 Å². The predicted octanol–water partition coefficient (Wildman–Crippen LogP) is 17.0. The first-order valence-electron chi connectivity index (χ1n) is 21.5. The van der Waals surface area contributed by atoms with Gasteiger partial charge in [0, 0.05) is 34.1 Å². The number of benzene rings is 9. The van der Waals surface area contributed by atoms with Crippen LogP contribution in [0.2, 0.25) is 0 Å². The Morgan fingerprint density at radius 2 is 0.500 bits per heavy atom. The van der Waals surface area contributed by atoms with Crippen LogP contribution in [0.5, 0.6) is 0 Å². The van der Waals surface area contributed by atoms with E-state index in [9.17, 15) is 0 Å². The summed E-state index contributed by atoms with van der Waals surface area (Å²) < 4.78 is 0. The first-order valence-corrected chi connectivity index (χ1v) is 21.5. The van der Waals surface area contributed by atoms with E-state index in [1.807, 2.05) is 0 Å². The molecule has 0 aromatic heterocycles. The Hall–Kier alpha value is -7.94. The molecule has 296 valence electrons. The average Bonchev–Trinajstić information content (AvgIpc) is 3.36. The summed E-state index contributed by atoms with van der Waals surface area (Å²) >= 11 is 0. The molecule has 0 saturated heterocycles. The lowest BCUT2D eigenvalue weighted by Crippen LogP contribution is -2.10. The van der Waals surface area contributed by atoms with Crippen LogP contribution in [0.15, 0.2) is 255 Å². The molecule has 2 nitrogen and oxygen atoms in total. The van der Waals surface area contributed by atoms with E-state index < -0.39 is 0 Å². The van der Waals surface area contributed by atoms with Crippen LogP contribution in [0, 0.1) is 0 Å². The van der Waals surface area contributed by atoms with Crippen molar-refractivity contribution in [2.45, 2.75) is 12.8 Å². The minimum absolute atomic E-state index is 1.10. The van der Waals surface area contributed by atoms with Crippen LogP contribution in [-0.2, 0) is 0 Å². The monoisotopic (exact) mass is 794 g/mol. The minimum atomic E-state index is 1.10. The molecule has 0 N–H and O–H groups in total. The largest absolute Gasteiger partial charge is 0.311 e. The third kappa shape index (κ3) is 8.28. The zero-order valence-corrected chi connectivity index (χ0v) is 34.6. The van der Waals surface area contributed by atoms with Gasteiger partial charge in [-0.15, -0.1) is 0 Å². The third-order valence-corrected chi connectivity index (χ3v) is 11.8. The summed E-state index contributed by atoms with van der Waals surface area (Å²) in [7, 11) is 0. The topological polar surface area (TPSA) is 6.48 Å². The number of anilines is 6. The van der Waals surface area contributed by atoms with E-state index in [4.69, 9.17) is 0 Å². The maximum absolute atomic E-state index is 2.33. The summed E-state index contributed by atoms with van der Waals surface area (Å²) in [5, 5.41) is 0. The van der Waals surface area contributed by atoms with Crippen LogP contribution in [-0.4, -0.2) is 0 Å². The molecule has 0 atom stereocenters. The van der Waals surface area contributed by atoms with Crippen LogP contribution in [0.3, 0.4) is 0 Å². The fourth-order valence-electron chi connectivity index (χ4n) is 8.47. The fraction of sp³-hybridized carbons (Fsp3) is 0.0333. The molecule has 10 rings (SSSR count). The number of allylic oxidation sites excluding steroid dienone is 4. The molecule has 0 saturated carbocycles. The third-order valence-electron chi connectivity index (χ3n) is 11.8. The molecule has 0 amide bonds. The van der Waals surface area contributed by atoms with E-state index in [0.717, 1.165) is 58.1 Å². The zero-order chi connectivity index (χ0) is 41.5. The van der Waals surface area contributed by atoms with Gasteiger partial charge >= 0.3 is 0 Å². The summed E-state index contributed by atoms with van der Waals surface area (Å²) in [5.41, 5.74) is 18.9. The maximum Gasteiger partial charge on any atom is 0.0462 e. The Kier molecular flexibility index (Phi) is 10.9. The molecule has 1 aliphatic rings. The number of hydrogen-bond acceptors (Lipinski definition) is 2. The van der Waals surface area contributed by atoms with Crippen molar-refractivity contribution in [2.75, 3.05) is 9.80 Å². The van der Waals surface area contributed by atoms with Gasteiger partial charge < -0.3 is 9.80 Å². The number of para-hydroxylation sites is 1. The summed E-state index contributed by atoms with van der Waals surface area (Å²) in [6, 6.07) is 85.2. The van der Waals surface area contributed by atoms with Gasteiger partial charge in [-0.25, -0.2) is 0 Å². The van der Waals surface area contributed by atoms with Crippen LogP contribution in [0.25, 0.3) is 50.1 Å². The van der Waals surface area contributed by atoms with Gasteiger partial charge in [-0.2, -0.15) is 0 Å². The van der Waals surface area contributed by atoms with Crippen molar-refractivity contribution in [3.63, 3.8) is 0 Å². The highest BCUT2D eigenvalue weighted by molar-refractivity contribution is 5.83. The summed E-state index contributed by atoms with van der Waals surface area (Å²) in [6.45, 7) is 0. The molecule has 0 aliphatic heterocycles. The van der Waals surface area contributed by atoms with Gasteiger partial charge in [-0.3, -0.25) is 0 Å². The Morgan fingerprint density at radius 3 is 0.806 bits per heavy atom. The van der Waals surface area contributed by atoms with Crippen LogP contribution in [0.1, 0.15) is 18.4 Å². The van der Waals surface area contributed by atoms with Crippen molar-refractivity contribution in [1.29, 1.82) is 0 Å². The number of rotatable bonds is 11. The molecule has 0 spiro atoms. The van der Waals surface area contributed by atoms with Crippen LogP contribution >= 0.6 is 0 Å². The lowest BCUT2D eigenvalue weighted by molar-refractivity contribution is 1.05. The summed E-state index contributed by atoms with van der Waals surface area (Å²) in [4.78, 5) is 4.66. The first kappa shape index (κ1) is 38.3. The Balaban J connectivity index is 0.919. The predicted molar refractivity (Wildman–Crippen MR) is 264 cm³/mol. The normalized spacial score (nSPS) is 12.1. The molecule has 0 heterocycles. The highest BCUT2D eigenvalue weighted by Gasteiger charge is 2.16. The molecule has 2 heteroatoms. The molecule has 0 unspecified atom stereocenters. The SMILES string of the molecule is C1=CCCC(c2ccc(-c3ccc(N(c4ccccc4)c4ccc(-c5ccc(N(c6ccc(-c7ccccc7)cc6)c6ccc(-c7ccccc7)cc6)cc5)cc4)cc3)cc2)=C1. The Labute approximate surface area is 365 Å². The number of nitrogens with zero attached hydrogens (tertiary/aromatic N) is 2. The quantitative estimate of drug-likeness (QED) is 0.129. The minimum Gasteiger partial charge on any atom is -0.311 e. The smallest absolute Gasteiger partial charge is 0.0462 e. The molecule has 0 bridgehead atoms. The van der Waals surface area contributed by atoms with Gasteiger partial charge in [0.2, 0.25) is 0 Å². The van der Waals surface area contributed by atoms with Gasteiger partial charge in [0.05, 0.1) is 0 Å². The van der Waals surface area contributed by atoms with Crippen molar-refractivity contribution < 1.29 is 0 Å².